The van der Waals surface area contributed by atoms with Crippen LogP contribution >= 0.6 is 0 Å². The van der Waals surface area contributed by atoms with Crippen LogP contribution in [0.25, 0.3) is 0 Å². The van der Waals surface area contributed by atoms with Crippen molar-refractivity contribution in [1.82, 2.24) is 29.7 Å². The quantitative estimate of drug-likeness (QED) is 0.0313. The summed E-state index contributed by atoms with van der Waals surface area (Å²) in [7, 11) is 0. The van der Waals surface area contributed by atoms with Gasteiger partial charge in [0.1, 0.15) is 35.7 Å². The van der Waals surface area contributed by atoms with E-state index in [1.165, 1.54) is 60.4 Å². The molecular weight excluding hydrogens is 1400 g/mol. The van der Waals surface area contributed by atoms with E-state index in [-0.39, 0.29) is 70.4 Å². The number of ether oxygens (including phenoxy) is 7. The Morgan fingerprint density at radius 2 is 0.864 bits per heavy atom. The molecule has 2 aliphatic carbocycles. The monoisotopic (exact) mass is 1520 g/mol. The van der Waals surface area contributed by atoms with Gasteiger partial charge in [0.25, 0.3) is 0 Å². The molecule has 5 fully saturated rings. The van der Waals surface area contributed by atoms with E-state index in [2.05, 4.69) is 73.7 Å². The molecule has 0 unspecified atom stereocenters. The molecule has 6 atom stereocenters. The summed E-state index contributed by atoms with van der Waals surface area (Å²) in [5, 5.41) is 10.1. The lowest BCUT2D eigenvalue weighted by molar-refractivity contribution is -0.123. The highest BCUT2D eigenvalue weighted by Crippen LogP contribution is 2.42. The lowest BCUT2D eigenvalue weighted by Gasteiger charge is -2.28. The Kier molecular flexibility index (Phi) is 29.5. The number of ketones is 3. The molecule has 0 amide bonds. The topological polar surface area (TPSA) is 200 Å². The second kappa shape index (κ2) is 39.5. The predicted octanol–water partition coefficient (Wildman–Crippen LogP) is 15.5. The van der Waals surface area contributed by atoms with Gasteiger partial charge in [0.05, 0.1) is 80.1 Å². The van der Waals surface area contributed by atoms with Crippen LogP contribution in [0.1, 0.15) is 224 Å². The van der Waals surface area contributed by atoms with Gasteiger partial charge in [-0.15, -0.1) is 0 Å². The Morgan fingerprint density at radius 1 is 0.491 bits per heavy atom. The number of carbonyl (C=O) groups excluding carboxylic acids is 3. The Balaban J connectivity index is 0.000000154. The molecule has 8 aliphatic rings. The molecule has 3 aromatic heterocycles. The van der Waals surface area contributed by atoms with E-state index in [1.54, 1.807) is 39.0 Å². The molecule has 9 heterocycles. The molecule has 22 heteroatoms. The number of Topliss-reactive ketones (excluding diaryl/α,β-unsaturated/α-hetero) is 3. The normalized spacial score (nSPS) is 20.4. The average molecular weight is 1520 g/mol. The van der Waals surface area contributed by atoms with Gasteiger partial charge in [-0.1, -0.05) is 30.3 Å². The van der Waals surface area contributed by atoms with Crippen molar-refractivity contribution < 1.29 is 60.7 Å². The summed E-state index contributed by atoms with van der Waals surface area (Å²) in [5.74, 6) is 2.84. The van der Waals surface area contributed by atoms with Crippen LogP contribution in [0, 0.1) is 17.5 Å². The number of hydrogen-bond donors (Lipinski definition) is 3. The highest BCUT2D eigenvalue weighted by molar-refractivity contribution is 5.84. The molecule has 596 valence electrons. The summed E-state index contributed by atoms with van der Waals surface area (Å²) in [6.45, 7) is 23.9. The zero-order valence-corrected chi connectivity index (χ0v) is 66.1. The number of unbranched alkanes of at least 4 members (excludes halogenated alkanes) is 3. The van der Waals surface area contributed by atoms with Gasteiger partial charge < -0.3 is 49.1 Å². The molecule has 0 bridgehead atoms. The maximum atomic E-state index is 14.3. The molecule has 19 nitrogen and oxygen atoms in total. The third kappa shape index (κ3) is 23.7. The number of pyridine rings is 3. The zero-order valence-electron chi connectivity index (χ0n) is 66.1. The second-order valence-electron chi connectivity index (χ2n) is 32.2. The maximum absolute atomic E-state index is 14.3. The predicted molar refractivity (Wildman–Crippen MR) is 421 cm³/mol. The van der Waals surface area contributed by atoms with Crippen molar-refractivity contribution in [2.45, 2.75) is 250 Å². The van der Waals surface area contributed by atoms with Crippen molar-refractivity contribution in [2.75, 3.05) is 101 Å². The minimum atomic E-state index is -0.493. The molecule has 6 aromatic rings. The molecule has 3 saturated heterocycles. The second-order valence-corrected chi connectivity index (χ2v) is 32.2. The van der Waals surface area contributed by atoms with E-state index in [4.69, 9.17) is 43.1 Å². The van der Waals surface area contributed by atoms with Gasteiger partial charge in [0, 0.05) is 89.3 Å². The summed E-state index contributed by atoms with van der Waals surface area (Å²) >= 11 is 0. The van der Waals surface area contributed by atoms with Gasteiger partial charge in [-0.2, -0.15) is 0 Å². The van der Waals surface area contributed by atoms with E-state index in [0.29, 0.717) is 71.4 Å². The first kappa shape index (κ1) is 82.2. The molecule has 0 spiro atoms. The van der Waals surface area contributed by atoms with Crippen molar-refractivity contribution in [3.63, 3.8) is 0 Å². The fourth-order valence-corrected chi connectivity index (χ4v) is 15.8. The fourth-order valence-electron chi connectivity index (χ4n) is 15.8. The number of rotatable bonds is 36. The van der Waals surface area contributed by atoms with Gasteiger partial charge in [-0.05, 0) is 282 Å². The van der Waals surface area contributed by atoms with Crippen molar-refractivity contribution in [3.05, 3.63) is 170 Å². The van der Waals surface area contributed by atoms with Crippen LogP contribution < -0.4 is 20.7 Å². The zero-order chi connectivity index (χ0) is 77.2. The lowest BCUT2D eigenvalue weighted by atomic mass is 9.96. The van der Waals surface area contributed by atoms with E-state index in [0.717, 1.165) is 223 Å². The number of halogens is 3. The Bertz CT molecular complexity index is 3870. The summed E-state index contributed by atoms with van der Waals surface area (Å²) < 4.78 is 84.7. The molecular formula is C88H118F3N9O10. The molecule has 14 rings (SSSR count). The molecule has 3 aromatic carbocycles. The maximum Gasteiger partial charge on any atom is 0.169 e. The summed E-state index contributed by atoms with van der Waals surface area (Å²) in [6.07, 6.45) is 20.4. The minimum absolute atomic E-state index is 0.00415. The van der Waals surface area contributed by atoms with Gasteiger partial charge in [-0.25, -0.2) is 28.1 Å². The molecule has 3 N–H and O–H groups in total. The number of benzene rings is 3. The Morgan fingerprint density at radius 3 is 1.25 bits per heavy atom. The van der Waals surface area contributed by atoms with E-state index in [9.17, 15) is 27.6 Å². The summed E-state index contributed by atoms with van der Waals surface area (Å²) in [5.41, 5.74) is 10.6. The van der Waals surface area contributed by atoms with E-state index in [1.807, 2.05) is 26.0 Å². The van der Waals surface area contributed by atoms with Gasteiger partial charge >= 0.3 is 0 Å². The van der Waals surface area contributed by atoms with E-state index >= 15 is 0 Å². The Hall–Kier alpha value is -7.25. The third-order valence-corrected chi connectivity index (χ3v) is 22.6. The third-order valence-electron chi connectivity index (χ3n) is 22.6. The summed E-state index contributed by atoms with van der Waals surface area (Å²) in [4.78, 5) is 58.9. The van der Waals surface area contributed by atoms with Crippen LogP contribution in [0.3, 0.4) is 0 Å². The number of aryl methyl sites for hydroxylation is 5. The number of fused-ring (bicyclic) bond motifs is 3. The first-order valence-electron chi connectivity index (χ1n) is 40.9. The minimum Gasteiger partial charge on any atom is -0.488 e. The molecule has 6 aliphatic heterocycles. The Labute approximate surface area is 649 Å². The largest absolute Gasteiger partial charge is 0.488 e. The van der Waals surface area contributed by atoms with Gasteiger partial charge in [0.15, 0.2) is 28.9 Å². The first-order valence-corrected chi connectivity index (χ1v) is 40.9. The highest BCUT2D eigenvalue weighted by Gasteiger charge is 2.42. The van der Waals surface area contributed by atoms with Gasteiger partial charge in [0.2, 0.25) is 0 Å². The van der Waals surface area contributed by atoms with Crippen LogP contribution in [0.2, 0.25) is 0 Å². The van der Waals surface area contributed by atoms with Crippen LogP contribution in [0.4, 0.5) is 30.6 Å². The number of carbonyl (C=O) groups is 3. The van der Waals surface area contributed by atoms with Crippen LogP contribution in [0.5, 0.6) is 5.75 Å². The SMILES string of the molecule is CC(=O)[C@@H](c1cc(F)ccc1COC1(C)CC1)N1CC[C@@H](OCCCCc2ccc3c(n2)NCCC3)C1.CC(=O)[C@H](c1cc(F)ccc1COC(C)C)N1CC[C@@H](OCCCCc2ccc3c(n2)NCCO3)C1.CC(=O)[C@H](c1cc(F)ccc1COC1(C)CC1)N1CC[C@@H](OCCCCc2ccc3c(n2)NCCC3)C1. The smallest absolute Gasteiger partial charge is 0.169 e. The number of anilines is 3. The lowest BCUT2D eigenvalue weighted by Crippen LogP contribution is -2.33. The molecule has 0 radical (unpaired) electrons. The number of nitrogens with one attached hydrogen (secondary N) is 3. The van der Waals surface area contributed by atoms with Crippen molar-refractivity contribution in [3.8, 4) is 5.75 Å². The number of nitrogens with zero attached hydrogens (tertiary/aromatic N) is 6. The fraction of sp³-hybridized carbons (Fsp3) is 0.591. The molecule has 2 saturated carbocycles. The standard InChI is InChI=1S/2C30H40FN3O3.C28H38FN3O4/c2*1-21(35)28(27-18-24(31)10-8-23(27)20-37-30(2)13-14-30)34-16-12-26(19-34)36-17-4-3-7-25-11-9-22-6-5-15-32-29(22)33-25;1-19(2)36-18-21-7-8-22(29)16-25(21)27(20(3)33)32-13-11-24(17-32)34-14-5-4-6-23-9-10-26-28(31-23)30-12-15-35-26/h2*8-11,18,26,28H,3-7,12-17,19-20H2,1-2H3,(H,32,33);7-10,16,19,24,27H,4-6,11-15,17-18H2,1-3H3,(H,30,31)/t26-,28+;26-,28-;24-,27-/m111/s1. The number of likely N-dealkylation sites (tertiary alicyclic amines) is 3. The average Bonchev–Trinajstić information content (AvgIpc) is 1.45. The van der Waals surface area contributed by atoms with Crippen molar-refractivity contribution >= 4 is 34.8 Å². The number of hydrogen-bond acceptors (Lipinski definition) is 19. The molecule has 110 heavy (non-hydrogen) atoms. The van der Waals surface area contributed by atoms with E-state index < -0.39 is 18.1 Å². The van der Waals surface area contributed by atoms with Gasteiger partial charge in [-0.3, -0.25) is 29.1 Å². The summed E-state index contributed by atoms with van der Waals surface area (Å²) in [6, 6.07) is 25.4. The first-order chi connectivity index (χ1) is 53.2. The van der Waals surface area contributed by atoms with Crippen molar-refractivity contribution in [2.24, 2.45) is 0 Å². The number of aromatic nitrogens is 3. The van der Waals surface area contributed by atoms with Crippen LogP contribution in [-0.4, -0.2) is 168 Å². The van der Waals surface area contributed by atoms with Crippen LogP contribution in [0.15, 0.2) is 91.0 Å². The van der Waals surface area contributed by atoms with Crippen LogP contribution in [-0.2, 0) is 94.7 Å². The van der Waals surface area contributed by atoms with Crippen molar-refractivity contribution in [1.29, 1.82) is 0 Å². The highest BCUT2D eigenvalue weighted by atomic mass is 19.1.